The molecule has 0 radical (unpaired) electrons. The van der Waals surface area contributed by atoms with Crippen molar-refractivity contribution in [2.24, 2.45) is 5.73 Å². The predicted octanol–water partition coefficient (Wildman–Crippen LogP) is 2.24. The maximum absolute atomic E-state index is 12.9. The van der Waals surface area contributed by atoms with Gasteiger partial charge < -0.3 is 25.3 Å². The van der Waals surface area contributed by atoms with Gasteiger partial charge in [-0.3, -0.25) is 5.41 Å². The highest BCUT2D eigenvalue weighted by Crippen LogP contribution is 2.41. The molecule has 0 bridgehead atoms. The molecular weight excluding hydrogens is 398 g/mol. The molecule has 0 fully saturated rings. The Hall–Kier alpha value is -2.84. The Morgan fingerprint density at radius 2 is 1.93 bits per heavy atom. The van der Waals surface area contributed by atoms with E-state index in [0.29, 0.717) is 22.0 Å². The zero-order chi connectivity index (χ0) is 21.6. The van der Waals surface area contributed by atoms with E-state index in [1.807, 2.05) is 0 Å². The lowest BCUT2D eigenvalue weighted by atomic mass is 9.80. The predicted molar refractivity (Wildman–Crippen MR) is 108 cm³/mol. The van der Waals surface area contributed by atoms with Crippen molar-refractivity contribution in [2.45, 2.75) is 19.8 Å². The summed E-state index contributed by atoms with van der Waals surface area (Å²) in [5.41, 5.74) is 7.23. The summed E-state index contributed by atoms with van der Waals surface area (Å²) < 4.78 is 15.6. The van der Waals surface area contributed by atoms with Crippen molar-refractivity contribution in [1.29, 1.82) is 5.41 Å². The highest BCUT2D eigenvalue weighted by molar-refractivity contribution is 6.31. The number of dihydropyridines is 1. The zero-order valence-corrected chi connectivity index (χ0v) is 17.3. The minimum Gasteiger partial charge on any atom is -0.466 e. The number of nitrogens with two attached hydrogens (primary N) is 1. The standard InChI is InChI=1S/C20H24ClN3O5/c1-4-29-20(26)18-14(9-28-10-15(22)23)24-11(2)16(19(25)27-3)17(18)12-7-5-6-8-13(12)21/h5-8,17,24H,4,9-10H2,1-3H3,(H3,22,23). The van der Waals surface area contributed by atoms with E-state index >= 15 is 0 Å². The van der Waals surface area contributed by atoms with Crippen LogP contribution in [0.25, 0.3) is 0 Å². The lowest BCUT2D eigenvalue weighted by Crippen LogP contribution is -2.35. The molecule has 9 heteroatoms. The third-order valence-electron chi connectivity index (χ3n) is 4.27. The molecule has 0 aliphatic carbocycles. The number of halogens is 1. The van der Waals surface area contributed by atoms with Gasteiger partial charge in [0.05, 0.1) is 43.1 Å². The van der Waals surface area contributed by atoms with Crippen LogP contribution in [-0.2, 0) is 23.8 Å². The summed E-state index contributed by atoms with van der Waals surface area (Å²) in [4.78, 5) is 25.5. The molecule has 156 valence electrons. The molecule has 1 aliphatic rings. The maximum atomic E-state index is 12.9. The SMILES string of the molecule is CCOC(=O)C1=C(COCC(=N)N)NC(C)=C(C(=O)OC)C1c1ccccc1Cl. The molecule has 2 rings (SSSR count). The number of nitrogens with one attached hydrogen (secondary N) is 2. The molecular formula is C20H24ClN3O5. The van der Waals surface area contributed by atoms with Crippen LogP contribution in [0.3, 0.4) is 0 Å². The van der Waals surface area contributed by atoms with Gasteiger partial charge in [-0.15, -0.1) is 0 Å². The third-order valence-corrected chi connectivity index (χ3v) is 4.61. The number of hydrogen-bond donors (Lipinski definition) is 3. The topological polar surface area (TPSA) is 124 Å². The quantitative estimate of drug-likeness (QED) is 0.334. The second kappa shape index (κ2) is 10.1. The fraction of sp³-hybridized carbons (Fsp3) is 0.350. The summed E-state index contributed by atoms with van der Waals surface area (Å²) in [6, 6.07) is 6.94. The first-order valence-corrected chi connectivity index (χ1v) is 9.30. The van der Waals surface area contributed by atoms with E-state index in [4.69, 9.17) is 37.0 Å². The molecule has 0 saturated carbocycles. The summed E-state index contributed by atoms with van der Waals surface area (Å²) in [5, 5.41) is 10.7. The first kappa shape index (κ1) is 22.4. The van der Waals surface area contributed by atoms with Crippen molar-refractivity contribution < 1.29 is 23.8 Å². The number of rotatable bonds is 8. The van der Waals surface area contributed by atoms with Gasteiger partial charge in [0.2, 0.25) is 0 Å². The van der Waals surface area contributed by atoms with Crippen molar-refractivity contribution in [3.05, 3.63) is 57.4 Å². The van der Waals surface area contributed by atoms with Crippen molar-refractivity contribution in [3.63, 3.8) is 0 Å². The zero-order valence-electron chi connectivity index (χ0n) is 16.5. The van der Waals surface area contributed by atoms with Crippen molar-refractivity contribution in [3.8, 4) is 0 Å². The van der Waals surface area contributed by atoms with Crippen LogP contribution in [0.5, 0.6) is 0 Å². The Balaban J connectivity index is 2.66. The highest BCUT2D eigenvalue weighted by Gasteiger charge is 2.39. The number of allylic oxidation sites excluding steroid dienone is 1. The molecule has 1 aliphatic heterocycles. The van der Waals surface area contributed by atoms with Crippen molar-refractivity contribution >= 4 is 29.4 Å². The van der Waals surface area contributed by atoms with E-state index in [-0.39, 0.29) is 36.8 Å². The Morgan fingerprint density at radius 3 is 2.52 bits per heavy atom. The molecule has 0 spiro atoms. The van der Waals surface area contributed by atoms with E-state index in [1.54, 1.807) is 38.1 Å². The van der Waals surface area contributed by atoms with Gasteiger partial charge in [-0.25, -0.2) is 9.59 Å². The number of esters is 2. The molecule has 1 aromatic carbocycles. The summed E-state index contributed by atoms with van der Waals surface area (Å²) in [6.45, 7) is 3.39. The molecule has 1 unspecified atom stereocenters. The van der Waals surface area contributed by atoms with Gasteiger partial charge in [-0.05, 0) is 25.5 Å². The average Bonchev–Trinajstić information content (AvgIpc) is 2.67. The van der Waals surface area contributed by atoms with Gasteiger partial charge in [0, 0.05) is 10.7 Å². The first-order valence-electron chi connectivity index (χ1n) is 8.93. The summed E-state index contributed by atoms with van der Waals surface area (Å²) >= 11 is 6.41. The molecule has 1 aromatic rings. The Labute approximate surface area is 174 Å². The van der Waals surface area contributed by atoms with Crippen LogP contribution in [0.1, 0.15) is 25.3 Å². The smallest absolute Gasteiger partial charge is 0.336 e. The van der Waals surface area contributed by atoms with Crippen molar-refractivity contribution in [2.75, 3.05) is 26.9 Å². The number of benzene rings is 1. The second-order valence-electron chi connectivity index (χ2n) is 6.24. The number of carbonyl (C=O) groups excluding carboxylic acids is 2. The Bertz CT molecular complexity index is 879. The van der Waals surface area contributed by atoms with Crippen LogP contribution >= 0.6 is 11.6 Å². The van der Waals surface area contributed by atoms with Crippen LogP contribution in [0, 0.1) is 5.41 Å². The fourth-order valence-electron chi connectivity index (χ4n) is 3.12. The molecule has 0 amide bonds. The van der Waals surface area contributed by atoms with Crippen LogP contribution in [0.2, 0.25) is 5.02 Å². The number of amidine groups is 1. The normalized spacial score (nSPS) is 16.3. The van der Waals surface area contributed by atoms with E-state index < -0.39 is 17.9 Å². The Morgan fingerprint density at radius 1 is 1.24 bits per heavy atom. The number of ether oxygens (including phenoxy) is 3. The first-order chi connectivity index (χ1) is 13.8. The van der Waals surface area contributed by atoms with E-state index in [2.05, 4.69) is 5.32 Å². The number of methoxy groups -OCH3 is 1. The van der Waals surface area contributed by atoms with Gasteiger partial charge >= 0.3 is 11.9 Å². The Kier molecular flexibility index (Phi) is 7.81. The summed E-state index contributed by atoms with van der Waals surface area (Å²) in [7, 11) is 1.27. The van der Waals surface area contributed by atoms with Crippen LogP contribution in [0.4, 0.5) is 0 Å². The third kappa shape index (κ3) is 5.16. The van der Waals surface area contributed by atoms with Crippen molar-refractivity contribution in [1.82, 2.24) is 5.32 Å². The van der Waals surface area contributed by atoms with Gasteiger partial charge in [-0.2, -0.15) is 0 Å². The average molecular weight is 422 g/mol. The van der Waals surface area contributed by atoms with Crippen LogP contribution in [-0.4, -0.2) is 44.7 Å². The lowest BCUT2D eigenvalue weighted by Gasteiger charge is -2.31. The summed E-state index contributed by atoms with van der Waals surface area (Å²) in [6.07, 6.45) is 0. The molecule has 4 N–H and O–H groups in total. The van der Waals surface area contributed by atoms with Crippen LogP contribution < -0.4 is 11.1 Å². The van der Waals surface area contributed by atoms with E-state index in [1.165, 1.54) is 7.11 Å². The molecule has 0 saturated heterocycles. The number of hydrogen-bond acceptors (Lipinski definition) is 7. The van der Waals surface area contributed by atoms with Gasteiger partial charge in [-0.1, -0.05) is 29.8 Å². The van der Waals surface area contributed by atoms with E-state index in [9.17, 15) is 9.59 Å². The molecule has 0 aromatic heterocycles. The second-order valence-corrected chi connectivity index (χ2v) is 6.65. The lowest BCUT2D eigenvalue weighted by molar-refractivity contribution is -0.139. The molecule has 29 heavy (non-hydrogen) atoms. The molecule has 8 nitrogen and oxygen atoms in total. The summed E-state index contributed by atoms with van der Waals surface area (Å²) in [5.74, 6) is -2.16. The van der Waals surface area contributed by atoms with E-state index in [0.717, 1.165) is 0 Å². The fourth-order valence-corrected chi connectivity index (χ4v) is 3.37. The van der Waals surface area contributed by atoms with Gasteiger partial charge in [0.15, 0.2) is 0 Å². The molecule has 1 atom stereocenters. The number of carbonyl (C=O) groups is 2. The molecule has 1 heterocycles. The van der Waals surface area contributed by atoms with Crippen LogP contribution in [0.15, 0.2) is 46.8 Å². The highest BCUT2D eigenvalue weighted by atomic mass is 35.5. The minimum atomic E-state index is -0.813. The van der Waals surface area contributed by atoms with Gasteiger partial charge in [0.1, 0.15) is 12.4 Å². The van der Waals surface area contributed by atoms with Gasteiger partial charge in [0.25, 0.3) is 0 Å². The minimum absolute atomic E-state index is 0.0412. The monoisotopic (exact) mass is 421 g/mol. The maximum Gasteiger partial charge on any atom is 0.336 e. The largest absolute Gasteiger partial charge is 0.466 e.